The SMILES string of the molecule is COc1ccc(SCCC(=O)N(C)Cc2nc3ccccc3s2)cc1. The van der Waals surface area contributed by atoms with Crippen molar-refractivity contribution in [3.8, 4) is 5.75 Å². The lowest BCUT2D eigenvalue weighted by Crippen LogP contribution is -2.26. The van der Waals surface area contributed by atoms with E-state index < -0.39 is 0 Å². The van der Waals surface area contributed by atoms with Crippen LogP contribution < -0.4 is 4.74 Å². The molecular formula is C19H20N2O2S2. The Morgan fingerprint density at radius 1 is 1.20 bits per heavy atom. The van der Waals surface area contributed by atoms with Gasteiger partial charge >= 0.3 is 0 Å². The van der Waals surface area contributed by atoms with Gasteiger partial charge in [0.2, 0.25) is 5.91 Å². The lowest BCUT2D eigenvalue weighted by atomic mass is 10.3. The first-order chi connectivity index (χ1) is 12.2. The molecule has 0 aliphatic heterocycles. The van der Waals surface area contributed by atoms with Gasteiger partial charge in [0.25, 0.3) is 0 Å². The van der Waals surface area contributed by atoms with Crippen molar-refractivity contribution in [2.45, 2.75) is 17.9 Å². The summed E-state index contributed by atoms with van der Waals surface area (Å²) in [6.45, 7) is 0.561. The maximum Gasteiger partial charge on any atom is 0.223 e. The molecule has 0 radical (unpaired) electrons. The molecule has 0 atom stereocenters. The number of hydrogen-bond donors (Lipinski definition) is 0. The largest absolute Gasteiger partial charge is 0.497 e. The maximum absolute atomic E-state index is 12.3. The Hall–Kier alpha value is -2.05. The molecule has 6 heteroatoms. The van der Waals surface area contributed by atoms with Gasteiger partial charge < -0.3 is 9.64 Å². The van der Waals surface area contributed by atoms with Crippen LogP contribution in [-0.4, -0.2) is 35.7 Å². The van der Waals surface area contributed by atoms with Crippen LogP contribution in [0.5, 0.6) is 5.75 Å². The van der Waals surface area contributed by atoms with Gasteiger partial charge in [-0.2, -0.15) is 0 Å². The van der Waals surface area contributed by atoms with Crippen LogP contribution in [0.4, 0.5) is 0 Å². The Morgan fingerprint density at radius 3 is 2.68 bits per heavy atom. The molecule has 2 aromatic carbocycles. The Kier molecular flexibility index (Phi) is 5.94. The average Bonchev–Trinajstić information content (AvgIpc) is 3.04. The molecule has 3 rings (SSSR count). The molecule has 0 unspecified atom stereocenters. The van der Waals surface area contributed by atoms with E-state index in [2.05, 4.69) is 11.1 Å². The summed E-state index contributed by atoms with van der Waals surface area (Å²) in [5, 5.41) is 0.972. The van der Waals surface area contributed by atoms with Crippen molar-refractivity contribution < 1.29 is 9.53 Å². The highest BCUT2D eigenvalue weighted by Gasteiger charge is 2.12. The van der Waals surface area contributed by atoms with E-state index in [1.54, 1.807) is 35.1 Å². The van der Waals surface area contributed by atoms with E-state index in [0.717, 1.165) is 31.6 Å². The van der Waals surface area contributed by atoms with Crippen LogP contribution in [0.15, 0.2) is 53.4 Å². The summed E-state index contributed by atoms with van der Waals surface area (Å²) < 4.78 is 6.31. The number of hydrogen-bond acceptors (Lipinski definition) is 5. The van der Waals surface area contributed by atoms with Crippen molar-refractivity contribution in [1.82, 2.24) is 9.88 Å². The number of thiazole rings is 1. The molecule has 0 spiro atoms. The van der Waals surface area contributed by atoms with Crippen molar-refractivity contribution in [3.63, 3.8) is 0 Å². The number of nitrogens with zero attached hydrogens (tertiary/aromatic N) is 2. The summed E-state index contributed by atoms with van der Waals surface area (Å²) in [6, 6.07) is 15.9. The zero-order chi connectivity index (χ0) is 17.6. The fourth-order valence-electron chi connectivity index (χ4n) is 2.40. The van der Waals surface area contributed by atoms with E-state index in [-0.39, 0.29) is 5.91 Å². The molecule has 0 fully saturated rings. The monoisotopic (exact) mass is 372 g/mol. The Bertz CT molecular complexity index is 813. The van der Waals surface area contributed by atoms with Gasteiger partial charge in [-0.1, -0.05) is 12.1 Å². The number of carbonyl (C=O) groups is 1. The van der Waals surface area contributed by atoms with Gasteiger partial charge in [-0.15, -0.1) is 23.1 Å². The lowest BCUT2D eigenvalue weighted by Gasteiger charge is -2.15. The number of methoxy groups -OCH3 is 1. The first-order valence-electron chi connectivity index (χ1n) is 8.01. The fraction of sp³-hybridized carbons (Fsp3) is 0.263. The number of benzene rings is 2. The Labute approximate surface area is 155 Å². The summed E-state index contributed by atoms with van der Waals surface area (Å²) in [5.74, 6) is 1.74. The number of fused-ring (bicyclic) bond motifs is 1. The minimum atomic E-state index is 0.139. The first kappa shape index (κ1) is 17.8. The van der Waals surface area contributed by atoms with Crippen molar-refractivity contribution in [2.75, 3.05) is 19.9 Å². The predicted molar refractivity (Wildman–Crippen MR) is 104 cm³/mol. The zero-order valence-electron chi connectivity index (χ0n) is 14.3. The second-order valence-corrected chi connectivity index (χ2v) is 7.88. The first-order valence-corrected chi connectivity index (χ1v) is 9.81. The molecule has 0 bridgehead atoms. The standard InChI is InChI=1S/C19H20N2O2S2/c1-21(13-18-20-16-5-3-4-6-17(16)25-18)19(22)11-12-24-15-9-7-14(23-2)8-10-15/h3-10H,11-13H2,1-2H3. The highest BCUT2D eigenvalue weighted by atomic mass is 32.2. The number of aromatic nitrogens is 1. The number of para-hydroxylation sites is 1. The third-order valence-electron chi connectivity index (χ3n) is 3.78. The van der Waals surface area contributed by atoms with Crippen molar-refractivity contribution >= 4 is 39.2 Å². The van der Waals surface area contributed by atoms with Crippen molar-refractivity contribution in [3.05, 3.63) is 53.5 Å². The summed E-state index contributed by atoms with van der Waals surface area (Å²) in [6.07, 6.45) is 0.512. The second-order valence-electron chi connectivity index (χ2n) is 5.60. The smallest absolute Gasteiger partial charge is 0.223 e. The normalized spacial score (nSPS) is 10.8. The predicted octanol–water partition coefficient (Wildman–Crippen LogP) is 4.45. The van der Waals surface area contributed by atoms with E-state index >= 15 is 0 Å². The lowest BCUT2D eigenvalue weighted by molar-refractivity contribution is -0.129. The van der Waals surface area contributed by atoms with Crippen molar-refractivity contribution in [1.29, 1.82) is 0 Å². The highest BCUT2D eigenvalue weighted by Crippen LogP contribution is 2.24. The van der Waals surface area contributed by atoms with Crippen LogP contribution in [0.1, 0.15) is 11.4 Å². The molecule has 0 N–H and O–H groups in total. The van der Waals surface area contributed by atoms with Crippen LogP contribution in [0.3, 0.4) is 0 Å². The third-order valence-corrected chi connectivity index (χ3v) is 5.82. The number of ether oxygens (including phenoxy) is 1. The quantitative estimate of drug-likeness (QED) is 0.575. The summed E-state index contributed by atoms with van der Waals surface area (Å²) in [7, 11) is 3.49. The van der Waals surface area contributed by atoms with E-state index in [0.29, 0.717) is 13.0 Å². The van der Waals surface area contributed by atoms with E-state index in [9.17, 15) is 4.79 Å². The molecule has 0 aliphatic carbocycles. The van der Waals surface area contributed by atoms with Gasteiger partial charge in [-0.3, -0.25) is 4.79 Å². The average molecular weight is 373 g/mol. The number of thioether (sulfide) groups is 1. The molecular weight excluding hydrogens is 352 g/mol. The van der Waals surface area contributed by atoms with Gasteiger partial charge in [0, 0.05) is 24.1 Å². The topological polar surface area (TPSA) is 42.4 Å². The van der Waals surface area contributed by atoms with Crippen LogP contribution >= 0.6 is 23.1 Å². The van der Waals surface area contributed by atoms with Crippen LogP contribution in [0.2, 0.25) is 0 Å². The minimum absolute atomic E-state index is 0.139. The fourth-order valence-corrected chi connectivity index (χ4v) is 4.26. The highest BCUT2D eigenvalue weighted by molar-refractivity contribution is 7.99. The second kappa shape index (κ2) is 8.36. The molecule has 1 heterocycles. The van der Waals surface area contributed by atoms with Crippen LogP contribution in [0, 0.1) is 0 Å². The summed E-state index contributed by atoms with van der Waals surface area (Å²) in [4.78, 5) is 19.8. The summed E-state index contributed by atoms with van der Waals surface area (Å²) >= 11 is 3.32. The van der Waals surface area contributed by atoms with E-state index in [4.69, 9.17) is 4.74 Å². The molecule has 25 heavy (non-hydrogen) atoms. The molecule has 4 nitrogen and oxygen atoms in total. The number of carbonyl (C=O) groups excluding carboxylic acids is 1. The summed E-state index contributed by atoms with van der Waals surface area (Å²) in [5.41, 5.74) is 0.999. The zero-order valence-corrected chi connectivity index (χ0v) is 15.9. The van der Waals surface area contributed by atoms with Gasteiger partial charge in [0.1, 0.15) is 10.8 Å². The minimum Gasteiger partial charge on any atom is -0.497 e. The number of rotatable bonds is 7. The van der Waals surface area contributed by atoms with Gasteiger partial charge in [-0.05, 0) is 36.4 Å². The molecule has 130 valence electrons. The Balaban J connectivity index is 1.48. The maximum atomic E-state index is 12.3. The molecule has 1 aromatic heterocycles. The molecule has 0 aliphatic rings. The van der Waals surface area contributed by atoms with E-state index in [1.165, 1.54) is 0 Å². The molecule has 0 saturated carbocycles. The molecule has 1 amide bonds. The van der Waals surface area contributed by atoms with Crippen molar-refractivity contribution in [2.24, 2.45) is 0 Å². The van der Waals surface area contributed by atoms with Gasteiger partial charge in [0.05, 0.1) is 23.9 Å². The van der Waals surface area contributed by atoms with Gasteiger partial charge in [0.15, 0.2) is 0 Å². The third kappa shape index (κ3) is 4.74. The molecule has 3 aromatic rings. The van der Waals surface area contributed by atoms with E-state index in [1.807, 2.05) is 49.5 Å². The van der Waals surface area contributed by atoms with Crippen LogP contribution in [0.25, 0.3) is 10.2 Å². The molecule has 0 saturated heterocycles. The van der Waals surface area contributed by atoms with Crippen LogP contribution in [-0.2, 0) is 11.3 Å². The van der Waals surface area contributed by atoms with Gasteiger partial charge in [-0.25, -0.2) is 4.98 Å². The number of amides is 1. The Morgan fingerprint density at radius 2 is 1.96 bits per heavy atom.